The lowest BCUT2D eigenvalue weighted by atomic mass is 9.96. The van der Waals surface area contributed by atoms with Crippen molar-refractivity contribution < 1.29 is 15.0 Å². The standard InChI is InChI=1S/C12H19N3O3/c1-8-6-15(4-3-11(8)16)7-10-9(12(17)18)5-13-14(10)2/h5,8,11,16H,3-4,6-7H2,1-2H3,(H,17,18). The van der Waals surface area contributed by atoms with Crippen LogP contribution in [0.3, 0.4) is 0 Å². The number of nitrogens with zero attached hydrogens (tertiary/aromatic N) is 3. The highest BCUT2D eigenvalue weighted by Gasteiger charge is 2.26. The molecule has 1 saturated heterocycles. The second-order valence-corrected chi connectivity index (χ2v) is 5.00. The van der Waals surface area contributed by atoms with E-state index < -0.39 is 5.97 Å². The summed E-state index contributed by atoms with van der Waals surface area (Å²) in [4.78, 5) is 13.2. The van der Waals surface area contributed by atoms with Crippen molar-refractivity contribution in [2.45, 2.75) is 26.0 Å². The molecular weight excluding hydrogens is 234 g/mol. The monoisotopic (exact) mass is 253 g/mol. The number of carboxylic acid groups (broad SMARTS) is 1. The third-order valence-electron chi connectivity index (χ3n) is 3.61. The minimum absolute atomic E-state index is 0.222. The highest BCUT2D eigenvalue weighted by Crippen LogP contribution is 2.19. The van der Waals surface area contributed by atoms with Crippen LogP contribution in [0.25, 0.3) is 0 Å². The van der Waals surface area contributed by atoms with Crippen molar-refractivity contribution in [1.82, 2.24) is 14.7 Å². The molecule has 6 heteroatoms. The topological polar surface area (TPSA) is 78.6 Å². The number of aromatic carboxylic acids is 1. The molecule has 2 atom stereocenters. The summed E-state index contributed by atoms with van der Waals surface area (Å²) >= 11 is 0. The van der Waals surface area contributed by atoms with Gasteiger partial charge in [0.1, 0.15) is 5.56 Å². The first kappa shape index (κ1) is 13.0. The number of aryl methyl sites for hydroxylation is 1. The van der Waals surface area contributed by atoms with Crippen molar-refractivity contribution in [3.05, 3.63) is 17.5 Å². The van der Waals surface area contributed by atoms with E-state index in [0.29, 0.717) is 12.2 Å². The van der Waals surface area contributed by atoms with Crippen molar-refractivity contribution in [2.75, 3.05) is 13.1 Å². The number of likely N-dealkylation sites (tertiary alicyclic amines) is 1. The third kappa shape index (κ3) is 2.54. The molecule has 1 aliphatic rings. The summed E-state index contributed by atoms with van der Waals surface area (Å²) in [5.41, 5.74) is 0.974. The largest absolute Gasteiger partial charge is 0.478 e. The Morgan fingerprint density at radius 3 is 2.94 bits per heavy atom. The summed E-state index contributed by atoms with van der Waals surface area (Å²) in [5, 5.41) is 22.8. The third-order valence-corrected chi connectivity index (χ3v) is 3.61. The number of carbonyl (C=O) groups is 1. The van der Waals surface area contributed by atoms with Gasteiger partial charge in [-0.1, -0.05) is 6.92 Å². The molecule has 2 rings (SSSR count). The van der Waals surface area contributed by atoms with Crippen LogP contribution in [0.2, 0.25) is 0 Å². The van der Waals surface area contributed by atoms with Crippen LogP contribution < -0.4 is 0 Å². The zero-order valence-electron chi connectivity index (χ0n) is 10.7. The summed E-state index contributed by atoms with van der Waals surface area (Å²) in [6.07, 6.45) is 1.88. The maximum Gasteiger partial charge on any atom is 0.339 e. The summed E-state index contributed by atoms with van der Waals surface area (Å²) < 4.78 is 1.61. The zero-order valence-corrected chi connectivity index (χ0v) is 10.7. The van der Waals surface area contributed by atoms with Crippen LogP contribution in [0.4, 0.5) is 0 Å². The van der Waals surface area contributed by atoms with Crippen molar-refractivity contribution in [3.63, 3.8) is 0 Å². The molecule has 0 aliphatic carbocycles. The van der Waals surface area contributed by atoms with Gasteiger partial charge in [0.25, 0.3) is 0 Å². The van der Waals surface area contributed by atoms with Crippen LogP contribution in [-0.2, 0) is 13.6 Å². The number of carboxylic acids is 1. The lowest BCUT2D eigenvalue weighted by Gasteiger charge is -2.34. The Labute approximate surface area is 106 Å². The molecule has 2 heterocycles. The van der Waals surface area contributed by atoms with Crippen molar-refractivity contribution in [2.24, 2.45) is 13.0 Å². The smallest absolute Gasteiger partial charge is 0.339 e. The molecule has 100 valence electrons. The molecule has 0 spiro atoms. The maximum atomic E-state index is 11.1. The zero-order chi connectivity index (χ0) is 13.3. The lowest BCUT2D eigenvalue weighted by molar-refractivity contribution is 0.0308. The van der Waals surface area contributed by atoms with E-state index in [1.54, 1.807) is 11.7 Å². The van der Waals surface area contributed by atoms with Gasteiger partial charge in [-0.2, -0.15) is 5.10 Å². The van der Waals surface area contributed by atoms with Gasteiger partial charge in [-0.25, -0.2) is 4.79 Å². The molecule has 0 radical (unpaired) electrons. The van der Waals surface area contributed by atoms with E-state index in [-0.39, 0.29) is 17.6 Å². The fourth-order valence-corrected chi connectivity index (χ4v) is 2.40. The number of piperidine rings is 1. The average Bonchev–Trinajstić information content (AvgIpc) is 2.66. The molecular formula is C12H19N3O3. The highest BCUT2D eigenvalue weighted by molar-refractivity contribution is 5.88. The first-order valence-corrected chi connectivity index (χ1v) is 6.13. The fourth-order valence-electron chi connectivity index (χ4n) is 2.40. The number of rotatable bonds is 3. The summed E-state index contributed by atoms with van der Waals surface area (Å²) in [7, 11) is 1.75. The van der Waals surface area contributed by atoms with Crippen LogP contribution in [0.15, 0.2) is 6.20 Å². The van der Waals surface area contributed by atoms with Gasteiger partial charge in [-0.15, -0.1) is 0 Å². The summed E-state index contributed by atoms with van der Waals surface area (Å²) in [6.45, 7) is 4.15. The van der Waals surface area contributed by atoms with Crippen LogP contribution in [0.5, 0.6) is 0 Å². The van der Waals surface area contributed by atoms with Crippen LogP contribution >= 0.6 is 0 Å². The SMILES string of the molecule is CC1CN(Cc2c(C(=O)O)cnn2C)CCC1O. The molecule has 0 saturated carbocycles. The van der Waals surface area contributed by atoms with E-state index in [1.165, 1.54) is 6.20 Å². The maximum absolute atomic E-state index is 11.1. The Morgan fingerprint density at radius 1 is 1.61 bits per heavy atom. The van der Waals surface area contributed by atoms with Gasteiger partial charge in [0, 0.05) is 26.7 Å². The van der Waals surface area contributed by atoms with E-state index in [2.05, 4.69) is 10.00 Å². The number of hydrogen-bond donors (Lipinski definition) is 2. The number of hydrogen-bond acceptors (Lipinski definition) is 4. The quantitative estimate of drug-likeness (QED) is 0.811. The van der Waals surface area contributed by atoms with Crippen molar-refractivity contribution in [3.8, 4) is 0 Å². The lowest BCUT2D eigenvalue weighted by Crippen LogP contribution is -2.41. The molecule has 1 aromatic rings. The van der Waals surface area contributed by atoms with Crippen LogP contribution in [0, 0.1) is 5.92 Å². The highest BCUT2D eigenvalue weighted by atomic mass is 16.4. The van der Waals surface area contributed by atoms with Gasteiger partial charge in [0.15, 0.2) is 0 Å². The molecule has 0 bridgehead atoms. The van der Waals surface area contributed by atoms with Crippen LogP contribution in [-0.4, -0.2) is 50.1 Å². The molecule has 6 nitrogen and oxygen atoms in total. The average molecular weight is 253 g/mol. The first-order valence-electron chi connectivity index (χ1n) is 6.13. The second-order valence-electron chi connectivity index (χ2n) is 5.00. The van der Waals surface area contributed by atoms with Gasteiger partial charge < -0.3 is 10.2 Å². The summed E-state index contributed by atoms with van der Waals surface area (Å²) in [5.74, 6) is -0.719. The Morgan fingerprint density at radius 2 is 2.33 bits per heavy atom. The van der Waals surface area contributed by atoms with Gasteiger partial charge in [-0.05, 0) is 12.3 Å². The minimum atomic E-state index is -0.941. The molecule has 1 aliphatic heterocycles. The summed E-state index contributed by atoms with van der Waals surface area (Å²) in [6, 6.07) is 0. The van der Waals surface area contributed by atoms with E-state index >= 15 is 0 Å². The van der Waals surface area contributed by atoms with Gasteiger partial charge in [0.05, 0.1) is 18.0 Å². The van der Waals surface area contributed by atoms with Gasteiger partial charge in [0.2, 0.25) is 0 Å². The molecule has 2 unspecified atom stereocenters. The second kappa shape index (κ2) is 5.07. The van der Waals surface area contributed by atoms with Crippen molar-refractivity contribution in [1.29, 1.82) is 0 Å². The Hall–Kier alpha value is -1.40. The predicted molar refractivity (Wildman–Crippen MR) is 65.2 cm³/mol. The molecule has 18 heavy (non-hydrogen) atoms. The van der Waals surface area contributed by atoms with Gasteiger partial charge in [-0.3, -0.25) is 9.58 Å². The fraction of sp³-hybridized carbons (Fsp3) is 0.667. The Bertz CT molecular complexity index is 444. The minimum Gasteiger partial charge on any atom is -0.478 e. The number of aromatic nitrogens is 2. The number of aliphatic hydroxyl groups is 1. The molecule has 2 N–H and O–H groups in total. The first-order chi connectivity index (χ1) is 8.49. The van der Waals surface area contributed by atoms with Gasteiger partial charge >= 0.3 is 5.97 Å². The molecule has 0 aromatic carbocycles. The van der Waals surface area contributed by atoms with E-state index in [1.807, 2.05) is 6.92 Å². The van der Waals surface area contributed by atoms with Crippen LogP contribution in [0.1, 0.15) is 29.4 Å². The Balaban J connectivity index is 2.10. The van der Waals surface area contributed by atoms with E-state index in [4.69, 9.17) is 5.11 Å². The van der Waals surface area contributed by atoms with Crippen molar-refractivity contribution >= 4 is 5.97 Å². The van der Waals surface area contributed by atoms with E-state index in [9.17, 15) is 9.90 Å². The van der Waals surface area contributed by atoms with E-state index in [0.717, 1.165) is 19.5 Å². The predicted octanol–water partition coefficient (Wildman–Crippen LogP) is 0.321. The Kier molecular flexibility index (Phi) is 3.68. The molecule has 1 aromatic heterocycles. The molecule has 0 amide bonds. The molecule has 1 fully saturated rings. The normalized spacial score (nSPS) is 25.3. The number of aliphatic hydroxyl groups excluding tert-OH is 1.